The van der Waals surface area contributed by atoms with Crippen LogP contribution in [0.15, 0.2) is 200 Å². The van der Waals surface area contributed by atoms with Gasteiger partial charge in [-0.2, -0.15) is 0 Å². The maximum absolute atomic E-state index is 5.43. The molecular weight excluding hydrogens is 707 g/mol. The first-order valence-corrected chi connectivity index (χ1v) is 19.4. The van der Waals surface area contributed by atoms with E-state index < -0.39 is 0 Å². The van der Waals surface area contributed by atoms with Crippen LogP contribution in [0.5, 0.6) is 0 Å². The predicted octanol–water partition coefficient (Wildman–Crippen LogP) is 13.3. The zero-order chi connectivity index (χ0) is 38.4. The minimum Gasteiger partial charge on any atom is -0.228 e. The molecule has 0 N–H and O–H groups in total. The first-order valence-electron chi connectivity index (χ1n) is 19.4. The van der Waals surface area contributed by atoms with Crippen LogP contribution in [0.3, 0.4) is 0 Å². The van der Waals surface area contributed by atoms with E-state index in [0.29, 0.717) is 23.3 Å². The SMILES string of the molecule is c1ccc(-c2nc(-c3ccccc3)nc(-c3c4ccccc4c(-c4cc(-c5ccc6ccccc6c5)nc(-c5ccc6ccccc6c5)n4)c4ccccc34)n2)cc1. The molecule has 0 aliphatic rings. The Balaban J connectivity index is 1.19. The number of aromatic nitrogens is 5. The van der Waals surface area contributed by atoms with Crippen molar-refractivity contribution in [2.24, 2.45) is 0 Å². The van der Waals surface area contributed by atoms with Gasteiger partial charge in [-0.05, 0) is 61.3 Å². The van der Waals surface area contributed by atoms with Gasteiger partial charge in [-0.15, -0.1) is 0 Å². The summed E-state index contributed by atoms with van der Waals surface area (Å²) in [5.41, 5.74) is 7.52. The van der Waals surface area contributed by atoms with Crippen LogP contribution in [0, 0.1) is 0 Å². The molecule has 11 aromatic rings. The lowest BCUT2D eigenvalue weighted by atomic mass is 9.89. The van der Waals surface area contributed by atoms with E-state index in [1.54, 1.807) is 0 Å². The molecule has 0 saturated heterocycles. The fourth-order valence-electron chi connectivity index (χ4n) is 8.10. The smallest absolute Gasteiger partial charge is 0.165 e. The average molecular weight is 740 g/mol. The molecule has 0 saturated carbocycles. The number of benzene rings is 9. The van der Waals surface area contributed by atoms with E-state index in [2.05, 4.69) is 140 Å². The number of fused-ring (bicyclic) bond motifs is 4. The second-order valence-electron chi connectivity index (χ2n) is 14.5. The summed E-state index contributed by atoms with van der Waals surface area (Å²) in [5, 5.41) is 8.81. The summed E-state index contributed by atoms with van der Waals surface area (Å²) < 4.78 is 0. The average Bonchev–Trinajstić information content (AvgIpc) is 3.30. The largest absolute Gasteiger partial charge is 0.228 e. The van der Waals surface area contributed by atoms with E-state index in [1.165, 1.54) is 10.8 Å². The van der Waals surface area contributed by atoms with E-state index in [4.69, 9.17) is 24.9 Å². The van der Waals surface area contributed by atoms with Crippen molar-refractivity contribution in [3.63, 3.8) is 0 Å². The lowest BCUT2D eigenvalue weighted by Gasteiger charge is -2.18. The fraction of sp³-hybridized carbons (Fsp3) is 0. The van der Waals surface area contributed by atoms with E-state index in [9.17, 15) is 0 Å². The molecule has 5 nitrogen and oxygen atoms in total. The van der Waals surface area contributed by atoms with E-state index in [-0.39, 0.29) is 0 Å². The number of rotatable bonds is 6. The molecule has 11 rings (SSSR count). The Kier molecular flexibility index (Phi) is 8.07. The quantitative estimate of drug-likeness (QED) is 0.159. The Morgan fingerprint density at radius 2 is 0.621 bits per heavy atom. The normalized spacial score (nSPS) is 11.4. The summed E-state index contributed by atoms with van der Waals surface area (Å²) in [6.45, 7) is 0. The van der Waals surface area contributed by atoms with Gasteiger partial charge in [0.05, 0.1) is 11.4 Å². The van der Waals surface area contributed by atoms with Gasteiger partial charge in [0.15, 0.2) is 23.3 Å². The van der Waals surface area contributed by atoms with Crippen molar-refractivity contribution in [1.82, 2.24) is 24.9 Å². The minimum atomic E-state index is 0.614. The number of nitrogens with zero attached hydrogens (tertiary/aromatic N) is 5. The van der Waals surface area contributed by atoms with Crippen LogP contribution in [0.2, 0.25) is 0 Å². The Hall–Kier alpha value is -7.89. The van der Waals surface area contributed by atoms with E-state index in [0.717, 1.165) is 77.1 Å². The summed E-state index contributed by atoms with van der Waals surface area (Å²) in [6, 6.07) is 69.3. The summed E-state index contributed by atoms with van der Waals surface area (Å²) in [7, 11) is 0. The highest BCUT2D eigenvalue weighted by molar-refractivity contribution is 6.20. The molecule has 0 radical (unpaired) electrons. The van der Waals surface area contributed by atoms with Crippen LogP contribution >= 0.6 is 0 Å². The van der Waals surface area contributed by atoms with Gasteiger partial charge in [-0.3, -0.25) is 0 Å². The molecule has 2 aromatic heterocycles. The van der Waals surface area contributed by atoms with Gasteiger partial charge in [0.1, 0.15) is 0 Å². The van der Waals surface area contributed by atoms with Crippen molar-refractivity contribution in [3.8, 4) is 68.1 Å². The van der Waals surface area contributed by atoms with Gasteiger partial charge in [-0.25, -0.2) is 24.9 Å². The molecule has 5 heteroatoms. The fourth-order valence-corrected chi connectivity index (χ4v) is 8.10. The first-order chi connectivity index (χ1) is 28.7. The van der Waals surface area contributed by atoms with Crippen LogP contribution in [-0.4, -0.2) is 24.9 Å². The molecule has 0 spiro atoms. The number of hydrogen-bond acceptors (Lipinski definition) is 5. The third-order valence-electron chi connectivity index (χ3n) is 10.9. The highest BCUT2D eigenvalue weighted by Crippen LogP contribution is 2.44. The Morgan fingerprint density at radius 1 is 0.224 bits per heavy atom. The van der Waals surface area contributed by atoms with Crippen LogP contribution in [0.25, 0.3) is 111 Å². The zero-order valence-corrected chi connectivity index (χ0v) is 31.3. The maximum atomic E-state index is 5.43. The predicted molar refractivity (Wildman–Crippen MR) is 238 cm³/mol. The Bertz CT molecular complexity index is 3130. The molecule has 9 aromatic carbocycles. The minimum absolute atomic E-state index is 0.614. The molecule has 0 fully saturated rings. The molecule has 0 bridgehead atoms. The lowest BCUT2D eigenvalue weighted by molar-refractivity contribution is 1.08. The van der Waals surface area contributed by atoms with Crippen molar-refractivity contribution in [3.05, 3.63) is 200 Å². The molecule has 0 aliphatic heterocycles. The van der Waals surface area contributed by atoms with Crippen molar-refractivity contribution in [2.45, 2.75) is 0 Å². The molecule has 58 heavy (non-hydrogen) atoms. The molecule has 2 heterocycles. The highest BCUT2D eigenvalue weighted by Gasteiger charge is 2.22. The summed E-state index contributed by atoms with van der Waals surface area (Å²) >= 11 is 0. The third-order valence-corrected chi connectivity index (χ3v) is 10.9. The van der Waals surface area contributed by atoms with Crippen molar-refractivity contribution in [1.29, 1.82) is 0 Å². The second kappa shape index (κ2) is 14.0. The lowest BCUT2D eigenvalue weighted by Crippen LogP contribution is -2.02. The molecule has 0 aliphatic carbocycles. The van der Waals surface area contributed by atoms with Gasteiger partial charge >= 0.3 is 0 Å². The monoisotopic (exact) mass is 739 g/mol. The van der Waals surface area contributed by atoms with Crippen LogP contribution in [0.1, 0.15) is 0 Å². The second-order valence-corrected chi connectivity index (χ2v) is 14.5. The zero-order valence-electron chi connectivity index (χ0n) is 31.3. The van der Waals surface area contributed by atoms with Gasteiger partial charge in [0.25, 0.3) is 0 Å². The van der Waals surface area contributed by atoms with E-state index >= 15 is 0 Å². The molecule has 0 amide bonds. The van der Waals surface area contributed by atoms with Crippen molar-refractivity contribution in [2.75, 3.05) is 0 Å². The van der Waals surface area contributed by atoms with Gasteiger partial charge < -0.3 is 0 Å². The summed E-state index contributed by atoms with van der Waals surface area (Å²) in [5.74, 6) is 2.53. The summed E-state index contributed by atoms with van der Waals surface area (Å²) in [6.07, 6.45) is 0. The van der Waals surface area contributed by atoms with Crippen LogP contribution in [0.4, 0.5) is 0 Å². The summed E-state index contributed by atoms with van der Waals surface area (Å²) in [4.78, 5) is 26.1. The molecule has 0 atom stereocenters. The maximum Gasteiger partial charge on any atom is 0.165 e. The third kappa shape index (κ3) is 5.94. The Labute approximate surface area is 335 Å². The molecule has 270 valence electrons. The first kappa shape index (κ1) is 33.4. The van der Waals surface area contributed by atoms with Crippen LogP contribution < -0.4 is 0 Å². The molecule has 0 unspecified atom stereocenters. The van der Waals surface area contributed by atoms with E-state index in [1.807, 2.05) is 60.7 Å². The Morgan fingerprint density at radius 3 is 1.17 bits per heavy atom. The topological polar surface area (TPSA) is 64.5 Å². The molecular formula is C53H33N5. The number of hydrogen-bond donors (Lipinski definition) is 0. The van der Waals surface area contributed by atoms with Gasteiger partial charge in [0.2, 0.25) is 0 Å². The highest BCUT2D eigenvalue weighted by atomic mass is 15.0. The van der Waals surface area contributed by atoms with Crippen molar-refractivity contribution < 1.29 is 0 Å². The van der Waals surface area contributed by atoms with Gasteiger partial charge in [0, 0.05) is 33.4 Å². The van der Waals surface area contributed by atoms with Crippen LogP contribution in [-0.2, 0) is 0 Å². The van der Waals surface area contributed by atoms with Crippen molar-refractivity contribution >= 4 is 43.1 Å². The van der Waals surface area contributed by atoms with Gasteiger partial charge in [-0.1, -0.05) is 182 Å². The standard InChI is InChI=1S/C53H33N5/c1-3-17-36(18-4-1)50-56-51(37-19-5-2-6-20-37)58-53(57-50)49-44-25-13-11-23-42(44)48(43-24-12-14-26-45(43)49)47-33-46(40-29-27-34-15-7-9-21-38(34)31-40)54-52(55-47)41-30-28-35-16-8-10-22-39(35)32-41/h1-33H.